The molecule has 1 fully saturated rings. The molecule has 2 heterocycles. The summed E-state index contributed by atoms with van der Waals surface area (Å²) in [4.78, 5) is 6.43. The van der Waals surface area contributed by atoms with Gasteiger partial charge < -0.3 is 0 Å². The van der Waals surface area contributed by atoms with Gasteiger partial charge in [0.25, 0.3) is 0 Å². The molecule has 1 aromatic carbocycles. The van der Waals surface area contributed by atoms with Crippen LogP contribution in [0.15, 0.2) is 35.6 Å². The fraction of sp³-hybridized carbons (Fsp3) is 0.350. The molecule has 4 nitrogen and oxygen atoms in total. The largest absolute Gasteiger partial charge is 0.280 e. The van der Waals surface area contributed by atoms with Gasteiger partial charge in [0.15, 0.2) is 0 Å². The molecule has 0 N–H and O–H groups in total. The number of benzene rings is 1. The molecule has 1 aliphatic carbocycles. The number of aliphatic imine (C=N–C) groups is 1. The summed E-state index contributed by atoms with van der Waals surface area (Å²) in [6.07, 6.45) is 2.93. The predicted molar refractivity (Wildman–Crippen MR) is 108 cm³/mol. The molecule has 0 spiro atoms. The van der Waals surface area contributed by atoms with Crippen LogP contribution < -0.4 is 0 Å². The molecule has 2 unspecified atom stereocenters. The number of aromatic nitrogens is 3. The second kappa shape index (κ2) is 6.63. The van der Waals surface area contributed by atoms with Gasteiger partial charge in [0.05, 0.1) is 11.8 Å². The van der Waals surface area contributed by atoms with Crippen molar-refractivity contribution in [3.8, 4) is 5.00 Å². The summed E-state index contributed by atoms with van der Waals surface area (Å²) in [6.45, 7) is 8.56. The molecule has 0 radical (unpaired) electrons. The molecule has 1 saturated carbocycles. The molecular formula is C20H21ClN4S. The van der Waals surface area contributed by atoms with E-state index in [4.69, 9.17) is 16.6 Å². The first-order chi connectivity index (χ1) is 12.5. The Balaban J connectivity index is 1.93. The quantitative estimate of drug-likeness (QED) is 0.583. The van der Waals surface area contributed by atoms with Crippen molar-refractivity contribution >= 4 is 28.6 Å². The first-order valence-electron chi connectivity index (χ1n) is 8.76. The van der Waals surface area contributed by atoms with Crippen LogP contribution in [0.2, 0.25) is 5.02 Å². The average molecular weight is 385 g/mol. The fourth-order valence-corrected chi connectivity index (χ4v) is 4.39. The maximum Gasteiger partial charge on any atom is 0.134 e. The molecule has 6 heteroatoms. The van der Waals surface area contributed by atoms with Crippen LogP contribution in [0.3, 0.4) is 0 Å². The van der Waals surface area contributed by atoms with Gasteiger partial charge in [0.2, 0.25) is 0 Å². The highest BCUT2D eigenvalue weighted by molar-refractivity contribution is 7.15. The van der Waals surface area contributed by atoms with Crippen molar-refractivity contribution in [1.82, 2.24) is 14.8 Å². The minimum Gasteiger partial charge on any atom is -0.280 e. The van der Waals surface area contributed by atoms with Crippen LogP contribution in [0, 0.1) is 26.7 Å². The Hall–Kier alpha value is -1.98. The lowest BCUT2D eigenvalue weighted by molar-refractivity contribution is 0.895. The zero-order chi connectivity index (χ0) is 18.4. The van der Waals surface area contributed by atoms with Gasteiger partial charge in [-0.1, -0.05) is 30.7 Å². The van der Waals surface area contributed by atoms with E-state index < -0.39 is 0 Å². The van der Waals surface area contributed by atoms with Crippen LogP contribution in [0.25, 0.3) is 5.00 Å². The molecule has 4 rings (SSSR count). The molecule has 2 aromatic heterocycles. The summed E-state index contributed by atoms with van der Waals surface area (Å²) < 4.78 is 2.06. The van der Waals surface area contributed by atoms with Crippen molar-refractivity contribution in [2.45, 2.75) is 40.2 Å². The van der Waals surface area contributed by atoms with Crippen molar-refractivity contribution in [1.29, 1.82) is 0 Å². The summed E-state index contributed by atoms with van der Waals surface area (Å²) >= 11 is 7.88. The lowest BCUT2D eigenvalue weighted by Gasteiger charge is -2.12. The molecule has 0 amide bonds. The lowest BCUT2D eigenvalue weighted by Crippen LogP contribution is -2.10. The number of aryl methyl sites for hydroxylation is 2. The minimum atomic E-state index is 0.398. The highest BCUT2D eigenvalue weighted by atomic mass is 35.5. The predicted octanol–water partition coefficient (Wildman–Crippen LogP) is 5.15. The number of halogens is 1. The van der Waals surface area contributed by atoms with Crippen molar-refractivity contribution in [2.24, 2.45) is 10.9 Å². The lowest BCUT2D eigenvalue weighted by atomic mass is 9.99. The van der Waals surface area contributed by atoms with Gasteiger partial charge in [-0.3, -0.25) is 9.56 Å². The number of thiophene rings is 1. The van der Waals surface area contributed by atoms with Gasteiger partial charge >= 0.3 is 0 Å². The zero-order valence-corrected chi connectivity index (χ0v) is 16.9. The zero-order valence-electron chi connectivity index (χ0n) is 15.3. The van der Waals surface area contributed by atoms with Crippen molar-refractivity contribution in [3.63, 3.8) is 0 Å². The monoisotopic (exact) mass is 384 g/mol. The molecule has 0 bridgehead atoms. The number of hydrogen-bond donors (Lipinski definition) is 0. The van der Waals surface area contributed by atoms with Crippen molar-refractivity contribution in [3.05, 3.63) is 63.0 Å². The Kier molecular flexibility index (Phi) is 4.45. The van der Waals surface area contributed by atoms with Crippen molar-refractivity contribution < 1.29 is 0 Å². The molecule has 2 atom stereocenters. The van der Waals surface area contributed by atoms with Gasteiger partial charge in [-0.15, -0.1) is 21.5 Å². The van der Waals surface area contributed by atoms with Crippen LogP contribution in [0.4, 0.5) is 0 Å². The Labute approximate surface area is 162 Å². The molecular weight excluding hydrogens is 364 g/mol. The Bertz CT molecular complexity index is 984. The molecule has 1 aliphatic rings. The summed E-state index contributed by atoms with van der Waals surface area (Å²) in [7, 11) is 0. The summed E-state index contributed by atoms with van der Waals surface area (Å²) in [6, 6.07) is 8.38. The number of rotatable bonds is 4. The summed E-state index contributed by atoms with van der Waals surface area (Å²) in [5, 5.41) is 10.1. The van der Waals surface area contributed by atoms with Gasteiger partial charge in [-0.25, -0.2) is 0 Å². The van der Waals surface area contributed by atoms with E-state index in [1.54, 1.807) is 17.7 Å². The summed E-state index contributed by atoms with van der Waals surface area (Å²) in [5.41, 5.74) is 4.58. The van der Waals surface area contributed by atoms with Gasteiger partial charge in [0.1, 0.15) is 17.2 Å². The van der Waals surface area contributed by atoms with E-state index in [1.165, 1.54) is 16.0 Å². The minimum absolute atomic E-state index is 0.398. The van der Waals surface area contributed by atoms with Crippen LogP contribution in [-0.2, 0) is 0 Å². The van der Waals surface area contributed by atoms with Crippen LogP contribution in [0.5, 0.6) is 0 Å². The Morgan fingerprint density at radius 2 is 1.92 bits per heavy atom. The maximum atomic E-state index is 6.11. The molecule has 0 aliphatic heterocycles. The summed E-state index contributed by atoms with van der Waals surface area (Å²) in [5.74, 6) is 1.53. The van der Waals surface area contributed by atoms with Crippen LogP contribution in [-0.4, -0.2) is 26.5 Å². The van der Waals surface area contributed by atoms with E-state index in [2.05, 4.69) is 47.7 Å². The van der Waals surface area contributed by atoms with E-state index in [-0.39, 0.29) is 0 Å². The molecule has 0 saturated heterocycles. The van der Waals surface area contributed by atoms with Crippen molar-refractivity contribution in [2.75, 3.05) is 0 Å². The second-order valence-electron chi connectivity index (χ2n) is 6.98. The fourth-order valence-electron chi connectivity index (χ4n) is 3.09. The highest BCUT2D eigenvalue weighted by Gasteiger charge is 2.34. The SMILES string of the molecule is Cc1sc(-n2cnnc2C)c(C(=NC2CC2C)c2ccc(Cl)cc2)c1C. The van der Waals surface area contributed by atoms with E-state index >= 15 is 0 Å². The third-order valence-electron chi connectivity index (χ3n) is 5.02. The van der Waals surface area contributed by atoms with E-state index in [0.717, 1.165) is 33.5 Å². The average Bonchev–Trinajstić information content (AvgIpc) is 3.00. The third-order valence-corrected chi connectivity index (χ3v) is 6.48. The van der Waals surface area contributed by atoms with E-state index in [0.29, 0.717) is 12.0 Å². The van der Waals surface area contributed by atoms with E-state index in [9.17, 15) is 0 Å². The van der Waals surface area contributed by atoms with Gasteiger partial charge in [-0.05, 0) is 50.8 Å². The number of nitrogens with zero attached hydrogens (tertiary/aromatic N) is 4. The van der Waals surface area contributed by atoms with Gasteiger partial charge in [0, 0.05) is 21.0 Å². The molecule has 134 valence electrons. The maximum absolute atomic E-state index is 6.11. The van der Waals surface area contributed by atoms with Crippen LogP contribution in [0.1, 0.15) is 40.7 Å². The second-order valence-corrected chi connectivity index (χ2v) is 8.62. The Morgan fingerprint density at radius 1 is 1.23 bits per heavy atom. The third kappa shape index (κ3) is 3.10. The normalized spacial score (nSPS) is 19.8. The number of hydrogen-bond acceptors (Lipinski definition) is 4. The van der Waals surface area contributed by atoms with E-state index in [1.807, 2.05) is 19.1 Å². The highest BCUT2D eigenvalue weighted by Crippen LogP contribution is 2.38. The Morgan fingerprint density at radius 3 is 2.50 bits per heavy atom. The first kappa shape index (κ1) is 17.4. The topological polar surface area (TPSA) is 43.1 Å². The molecule has 26 heavy (non-hydrogen) atoms. The standard InChI is InChI=1S/C20H21ClN4S/c1-11-9-17(11)23-19(15-5-7-16(21)8-6-15)18-12(2)13(3)26-20(18)25-10-22-24-14(25)4/h5-8,10-11,17H,9H2,1-4H3. The molecule has 3 aromatic rings. The van der Waals surface area contributed by atoms with Crippen LogP contribution >= 0.6 is 22.9 Å². The smallest absolute Gasteiger partial charge is 0.134 e. The first-order valence-corrected chi connectivity index (χ1v) is 9.96. The van der Waals surface area contributed by atoms with Gasteiger partial charge in [-0.2, -0.15) is 0 Å².